The molecule has 0 aliphatic rings. The molecule has 4 aromatic rings. The molecule has 0 amide bonds. The first-order chi connectivity index (χ1) is 15.7. The van der Waals surface area contributed by atoms with E-state index in [2.05, 4.69) is 9.98 Å². The van der Waals surface area contributed by atoms with Gasteiger partial charge >= 0.3 is 5.69 Å². The molecule has 2 aromatic carbocycles. The van der Waals surface area contributed by atoms with Crippen LogP contribution in [0.25, 0.3) is 11.4 Å². The number of nitrogens with one attached hydrogen (secondary N) is 1. The van der Waals surface area contributed by atoms with Gasteiger partial charge in [-0.2, -0.15) is 0 Å². The standard InChI is InChI=1S/C24H23N5O4/c1-14-10-11-18(12-15(14)2)28-22(31)19(21(30)26-24(28)33)13-25-20-16(3)27(4)29(23(20)32)17-8-6-5-7-9-17/h5-13,31H,1-4H3,(H,26,30,33). The van der Waals surface area contributed by atoms with Crippen molar-refractivity contribution in [1.82, 2.24) is 18.9 Å². The van der Waals surface area contributed by atoms with Gasteiger partial charge in [0.25, 0.3) is 11.1 Å². The van der Waals surface area contributed by atoms with E-state index in [9.17, 15) is 19.5 Å². The number of aromatic amines is 1. The van der Waals surface area contributed by atoms with Crippen LogP contribution in [0.5, 0.6) is 5.88 Å². The SMILES string of the molecule is Cc1ccc(-n2c(O)c(C=Nc3c(C)n(C)n(-c4ccccc4)c3=O)c(=O)[nH]c2=O)cc1C. The highest BCUT2D eigenvalue weighted by atomic mass is 16.3. The number of para-hydroxylation sites is 1. The van der Waals surface area contributed by atoms with Crippen molar-refractivity contribution in [2.45, 2.75) is 20.8 Å². The van der Waals surface area contributed by atoms with Crippen LogP contribution < -0.4 is 16.8 Å². The molecule has 0 saturated heterocycles. The molecule has 9 heteroatoms. The maximum absolute atomic E-state index is 13.0. The second kappa shape index (κ2) is 8.27. The zero-order valence-corrected chi connectivity index (χ0v) is 18.7. The van der Waals surface area contributed by atoms with E-state index in [0.717, 1.165) is 21.9 Å². The zero-order valence-electron chi connectivity index (χ0n) is 18.7. The summed E-state index contributed by atoms with van der Waals surface area (Å²) in [5.41, 5.74) is 1.49. The Kier molecular flexibility index (Phi) is 5.47. The molecular formula is C24H23N5O4. The van der Waals surface area contributed by atoms with Gasteiger partial charge in [-0.3, -0.25) is 19.3 Å². The summed E-state index contributed by atoms with van der Waals surface area (Å²) in [6.07, 6.45) is 1.10. The minimum atomic E-state index is -0.807. The zero-order chi connectivity index (χ0) is 23.9. The Morgan fingerprint density at radius 1 is 0.939 bits per heavy atom. The Hall–Kier alpha value is -4.40. The van der Waals surface area contributed by atoms with Crippen molar-refractivity contribution in [2.24, 2.45) is 12.0 Å². The van der Waals surface area contributed by atoms with E-state index in [4.69, 9.17) is 0 Å². The number of rotatable bonds is 4. The third-order valence-corrected chi connectivity index (χ3v) is 5.72. The van der Waals surface area contributed by atoms with Crippen molar-refractivity contribution >= 4 is 11.9 Å². The van der Waals surface area contributed by atoms with Crippen LogP contribution in [0.15, 0.2) is 67.9 Å². The minimum absolute atomic E-state index is 0.115. The third kappa shape index (κ3) is 3.73. The predicted molar refractivity (Wildman–Crippen MR) is 127 cm³/mol. The van der Waals surface area contributed by atoms with Crippen molar-refractivity contribution in [1.29, 1.82) is 0 Å². The molecule has 2 heterocycles. The Labute approximate surface area is 188 Å². The molecule has 4 rings (SSSR count). The molecule has 9 nitrogen and oxygen atoms in total. The van der Waals surface area contributed by atoms with Crippen molar-refractivity contribution < 1.29 is 5.11 Å². The molecule has 0 saturated carbocycles. The molecule has 2 N–H and O–H groups in total. The van der Waals surface area contributed by atoms with E-state index in [0.29, 0.717) is 17.1 Å². The van der Waals surface area contributed by atoms with Crippen LogP contribution in [-0.2, 0) is 7.05 Å². The number of aliphatic imine (C=N–C) groups is 1. The molecule has 0 aliphatic carbocycles. The quantitative estimate of drug-likeness (QED) is 0.470. The number of hydrogen-bond acceptors (Lipinski definition) is 5. The first-order valence-corrected chi connectivity index (χ1v) is 10.2. The normalized spacial score (nSPS) is 11.4. The van der Waals surface area contributed by atoms with Crippen molar-refractivity contribution in [3.05, 3.63) is 102 Å². The summed E-state index contributed by atoms with van der Waals surface area (Å²) >= 11 is 0. The van der Waals surface area contributed by atoms with Gasteiger partial charge in [0.2, 0.25) is 5.88 Å². The lowest BCUT2D eigenvalue weighted by molar-refractivity contribution is 0.430. The summed E-state index contributed by atoms with van der Waals surface area (Å²) in [6, 6.07) is 14.3. The van der Waals surface area contributed by atoms with Gasteiger partial charge in [0.1, 0.15) is 5.56 Å². The number of benzene rings is 2. The van der Waals surface area contributed by atoms with Crippen LogP contribution in [0.2, 0.25) is 0 Å². The first-order valence-electron chi connectivity index (χ1n) is 10.2. The average Bonchev–Trinajstić information content (AvgIpc) is 2.99. The fourth-order valence-electron chi connectivity index (χ4n) is 3.59. The molecular weight excluding hydrogens is 422 g/mol. The number of hydrogen-bond donors (Lipinski definition) is 2. The molecule has 168 valence electrons. The summed E-state index contributed by atoms with van der Waals surface area (Å²) in [4.78, 5) is 44.4. The van der Waals surface area contributed by atoms with Crippen LogP contribution in [0.4, 0.5) is 5.69 Å². The topological polar surface area (TPSA) is 114 Å². The molecule has 0 radical (unpaired) electrons. The van der Waals surface area contributed by atoms with Crippen LogP contribution in [0.3, 0.4) is 0 Å². The van der Waals surface area contributed by atoms with E-state index >= 15 is 0 Å². The number of H-pyrrole nitrogens is 1. The molecule has 2 aromatic heterocycles. The van der Waals surface area contributed by atoms with Gasteiger partial charge in [0.05, 0.1) is 17.1 Å². The predicted octanol–water partition coefficient (Wildman–Crippen LogP) is 2.40. The van der Waals surface area contributed by atoms with Crippen LogP contribution >= 0.6 is 0 Å². The van der Waals surface area contributed by atoms with Gasteiger partial charge < -0.3 is 5.11 Å². The van der Waals surface area contributed by atoms with E-state index in [1.807, 2.05) is 38.1 Å². The molecule has 0 bridgehead atoms. The summed E-state index contributed by atoms with van der Waals surface area (Å²) in [5, 5.41) is 10.8. The number of aromatic hydroxyl groups is 1. The maximum Gasteiger partial charge on any atom is 0.335 e. The molecule has 33 heavy (non-hydrogen) atoms. The Morgan fingerprint density at radius 3 is 2.30 bits per heavy atom. The second-order valence-electron chi connectivity index (χ2n) is 7.77. The molecule has 0 unspecified atom stereocenters. The summed E-state index contributed by atoms with van der Waals surface area (Å²) < 4.78 is 4.11. The highest BCUT2D eigenvalue weighted by Crippen LogP contribution is 2.20. The van der Waals surface area contributed by atoms with Crippen LogP contribution in [-0.4, -0.2) is 30.2 Å². The fourth-order valence-corrected chi connectivity index (χ4v) is 3.59. The number of nitrogens with zero attached hydrogens (tertiary/aromatic N) is 4. The van der Waals surface area contributed by atoms with Gasteiger partial charge in [-0.1, -0.05) is 24.3 Å². The fraction of sp³-hybridized carbons (Fsp3) is 0.167. The van der Waals surface area contributed by atoms with Crippen molar-refractivity contribution in [2.75, 3.05) is 0 Å². The van der Waals surface area contributed by atoms with E-state index < -0.39 is 17.1 Å². The minimum Gasteiger partial charge on any atom is -0.493 e. The molecule has 0 atom stereocenters. The summed E-state index contributed by atoms with van der Waals surface area (Å²) in [6.45, 7) is 5.54. The number of aromatic nitrogens is 4. The Bertz CT molecular complexity index is 1570. The van der Waals surface area contributed by atoms with Gasteiger partial charge in [0.15, 0.2) is 5.69 Å². The van der Waals surface area contributed by atoms with E-state index in [1.54, 1.807) is 42.9 Å². The van der Waals surface area contributed by atoms with Crippen LogP contribution in [0, 0.1) is 20.8 Å². The summed E-state index contributed by atoms with van der Waals surface area (Å²) in [5.74, 6) is -0.562. The summed E-state index contributed by atoms with van der Waals surface area (Å²) in [7, 11) is 1.73. The Morgan fingerprint density at radius 2 is 1.64 bits per heavy atom. The molecule has 0 spiro atoms. The third-order valence-electron chi connectivity index (χ3n) is 5.72. The van der Waals surface area contributed by atoms with E-state index in [1.165, 1.54) is 4.68 Å². The highest BCUT2D eigenvalue weighted by molar-refractivity contribution is 5.84. The Balaban J connectivity index is 1.85. The monoisotopic (exact) mass is 445 g/mol. The maximum atomic E-state index is 13.0. The number of aryl methyl sites for hydroxylation is 2. The van der Waals surface area contributed by atoms with Gasteiger partial charge in [-0.15, -0.1) is 0 Å². The van der Waals surface area contributed by atoms with E-state index in [-0.39, 0.29) is 16.8 Å². The van der Waals surface area contributed by atoms with Crippen LogP contribution in [0.1, 0.15) is 22.4 Å². The first kappa shape index (κ1) is 21.8. The van der Waals surface area contributed by atoms with Gasteiger partial charge in [-0.25, -0.2) is 19.0 Å². The van der Waals surface area contributed by atoms with Gasteiger partial charge in [-0.05, 0) is 56.2 Å². The smallest absolute Gasteiger partial charge is 0.335 e. The lowest BCUT2D eigenvalue weighted by atomic mass is 10.1. The molecule has 0 aliphatic heterocycles. The lowest BCUT2D eigenvalue weighted by Crippen LogP contribution is -2.31. The average molecular weight is 445 g/mol. The van der Waals surface area contributed by atoms with Crippen molar-refractivity contribution in [3.8, 4) is 17.3 Å². The highest BCUT2D eigenvalue weighted by Gasteiger charge is 2.18. The molecule has 0 fully saturated rings. The van der Waals surface area contributed by atoms with Crippen molar-refractivity contribution in [3.63, 3.8) is 0 Å². The van der Waals surface area contributed by atoms with Gasteiger partial charge in [0, 0.05) is 13.3 Å². The largest absolute Gasteiger partial charge is 0.493 e. The second-order valence-corrected chi connectivity index (χ2v) is 7.77. The lowest BCUT2D eigenvalue weighted by Gasteiger charge is -2.11.